The molecule has 130 valence electrons. The fourth-order valence-corrected chi connectivity index (χ4v) is 3.94. The molecule has 1 aromatic rings. The second-order valence-corrected chi connectivity index (χ2v) is 7.53. The van der Waals surface area contributed by atoms with E-state index in [0.29, 0.717) is 31.7 Å². The molecule has 1 saturated carbocycles. The van der Waals surface area contributed by atoms with Gasteiger partial charge in [-0.2, -0.15) is 0 Å². The van der Waals surface area contributed by atoms with E-state index in [4.69, 9.17) is 0 Å². The summed E-state index contributed by atoms with van der Waals surface area (Å²) in [5.41, 5.74) is 0.310. The van der Waals surface area contributed by atoms with Crippen LogP contribution in [-0.4, -0.2) is 52.9 Å². The molecule has 2 fully saturated rings. The number of halogens is 1. The molecule has 0 bridgehead atoms. The first-order valence-corrected chi connectivity index (χ1v) is 9.42. The van der Waals surface area contributed by atoms with E-state index in [-0.39, 0.29) is 23.5 Å². The number of amides is 2. The van der Waals surface area contributed by atoms with Crippen molar-refractivity contribution in [1.29, 1.82) is 0 Å². The third-order valence-electron chi connectivity index (χ3n) is 5.02. The lowest BCUT2D eigenvalue weighted by molar-refractivity contribution is -0.138. The Morgan fingerprint density at radius 3 is 2.25 bits per heavy atom. The van der Waals surface area contributed by atoms with Crippen molar-refractivity contribution in [2.75, 3.05) is 26.2 Å². The highest BCUT2D eigenvalue weighted by molar-refractivity contribution is 9.10. The molecule has 1 heterocycles. The average Bonchev–Trinajstić information content (AvgIpc) is 2.61. The normalized spacial score (nSPS) is 19.4. The first-order valence-electron chi connectivity index (χ1n) is 8.63. The van der Waals surface area contributed by atoms with E-state index < -0.39 is 0 Å². The molecule has 1 aliphatic heterocycles. The van der Waals surface area contributed by atoms with Gasteiger partial charge in [-0.05, 0) is 31.0 Å². The minimum atomic E-state index is -0.176. The Morgan fingerprint density at radius 1 is 1.00 bits per heavy atom. The number of rotatable bonds is 2. The topological polar surface area (TPSA) is 60.9 Å². The van der Waals surface area contributed by atoms with Gasteiger partial charge in [-0.3, -0.25) is 9.59 Å². The number of piperazine rings is 1. The van der Waals surface area contributed by atoms with Crippen molar-refractivity contribution in [3.05, 3.63) is 28.2 Å². The molecule has 2 aliphatic rings. The highest BCUT2D eigenvalue weighted by Gasteiger charge is 2.30. The molecule has 0 spiro atoms. The van der Waals surface area contributed by atoms with E-state index >= 15 is 0 Å². The molecule has 2 amide bonds. The molecule has 3 rings (SSSR count). The van der Waals surface area contributed by atoms with Gasteiger partial charge in [0.1, 0.15) is 5.75 Å². The predicted octanol–water partition coefficient (Wildman–Crippen LogP) is 3.02. The molecule has 0 atom stereocenters. The number of hydrogen-bond donors (Lipinski definition) is 1. The molecule has 24 heavy (non-hydrogen) atoms. The van der Waals surface area contributed by atoms with Gasteiger partial charge >= 0.3 is 0 Å². The van der Waals surface area contributed by atoms with E-state index in [1.54, 1.807) is 17.0 Å². The van der Waals surface area contributed by atoms with Gasteiger partial charge in [0.05, 0.1) is 5.56 Å². The SMILES string of the molecule is O=C(c1ccc(Br)cc1O)N1CCN(C(=O)C2CCCCC2)CC1. The van der Waals surface area contributed by atoms with E-state index in [1.165, 1.54) is 12.5 Å². The Kier molecular flexibility index (Phi) is 5.43. The highest BCUT2D eigenvalue weighted by Crippen LogP contribution is 2.27. The van der Waals surface area contributed by atoms with Gasteiger partial charge in [0, 0.05) is 36.6 Å². The van der Waals surface area contributed by atoms with Crippen LogP contribution in [0.15, 0.2) is 22.7 Å². The maximum absolute atomic E-state index is 12.6. The summed E-state index contributed by atoms with van der Waals surface area (Å²) < 4.78 is 0.736. The number of phenolic OH excluding ortho intramolecular Hbond substituents is 1. The molecule has 6 heteroatoms. The van der Waals surface area contributed by atoms with E-state index in [1.807, 2.05) is 4.90 Å². The van der Waals surface area contributed by atoms with E-state index in [2.05, 4.69) is 15.9 Å². The van der Waals surface area contributed by atoms with Crippen LogP contribution >= 0.6 is 15.9 Å². The predicted molar refractivity (Wildman–Crippen MR) is 94.9 cm³/mol. The first-order chi connectivity index (χ1) is 11.6. The second-order valence-electron chi connectivity index (χ2n) is 6.61. The summed E-state index contributed by atoms with van der Waals surface area (Å²) >= 11 is 3.27. The Balaban J connectivity index is 1.58. The molecule has 1 saturated heterocycles. The minimum absolute atomic E-state index is 0.0184. The number of carbonyl (C=O) groups is 2. The molecule has 1 N–H and O–H groups in total. The van der Waals surface area contributed by atoms with Crippen LogP contribution in [-0.2, 0) is 4.79 Å². The monoisotopic (exact) mass is 394 g/mol. The summed E-state index contributed by atoms with van der Waals surface area (Å²) in [7, 11) is 0. The highest BCUT2D eigenvalue weighted by atomic mass is 79.9. The molecule has 0 radical (unpaired) electrons. The summed E-state index contributed by atoms with van der Waals surface area (Å²) in [6.07, 6.45) is 5.55. The van der Waals surface area contributed by atoms with Gasteiger partial charge in [-0.15, -0.1) is 0 Å². The summed E-state index contributed by atoms with van der Waals surface area (Å²) in [5.74, 6) is 0.240. The molecular weight excluding hydrogens is 372 g/mol. The zero-order valence-corrected chi connectivity index (χ0v) is 15.3. The van der Waals surface area contributed by atoms with Crippen molar-refractivity contribution in [2.45, 2.75) is 32.1 Å². The molecule has 1 aromatic carbocycles. The lowest BCUT2D eigenvalue weighted by Gasteiger charge is -2.37. The summed E-state index contributed by atoms with van der Waals surface area (Å²) in [6, 6.07) is 4.90. The van der Waals surface area contributed by atoms with Crippen LogP contribution in [0.25, 0.3) is 0 Å². The van der Waals surface area contributed by atoms with E-state index in [9.17, 15) is 14.7 Å². The number of hydrogen-bond acceptors (Lipinski definition) is 3. The Hall–Kier alpha value is -1.56. The standard InChI is InChI=1S/C18H23BrN2O3/c19-14-6-7-15(16(22)12-14)18(24)21-10-8-20(9-11-21)17(23)13-4-2-1-3-5-13/h6-7,12-13,22H,1-5,8-11H2. The van der Waals surface area contributed by atoms with Crippen molar-refractivity contribution in [2.24, 2.45) is 5.92 Å². The maximum atomic E-state index is 12.6. The largest absolute Gasteiger partial charge is 0.507 e. The quantitative estimate of drug-likeness (QED) is 0.838. The first kappa shape index (κ1) is 17.3. The van der Waals surface area contributed by atoms with Crippen LogP contribution in [0.4, 0.5) is 0 Å². The molecule has 1 aliphatic carbocycles. The fourth-order valence-electron chi connectivity index (χ4n) is 3.59. The Morgan fingerprint density at radius 2 is 1.62 bits per heavy atom. The lowest BCUT2D eigenvalue weighted by atomic mass is 9.88. The van der Waals surface area contributed by atoms with Gasteiger partial charge in [0.2, 0.25) is 5.91 Å². The minimum Gasteiger partial charge on any atom is -0.507 e. The zero-order chi connectivity index (χ0) is 17.1. The number of aromatic hydroxyl groups is 1. The fraction of sp³-hybridized carbons (Fsp3) is 0.556. The van der Waals surface area contributed by atoms with Crippen LogP contribution in [0.1, 0.15) is 42.5 Å². The van der Waals surface area contributed by atoms with Crippen LogP contribution in [0.3, 0.4) is 0 Å². The van der Waals surface area contributed by atoms with Crippen LogP contribution in [0.2, 0.25) is 0 Å². The van der Waals surface area contributed by atoms with Crippen molar-refractivity contribution in [1.82, 2.24) is 9.80 Å². The average molecular weight is 395 g/mol. The molecule has 0 aromatic heterocycles. The number of carbonyl (C=O) groups excluding carboxylic acids is 2. The Bertz CT molecular complexity index is 621. The van der Waals surface area contributed by atoms with Crippen LogP contribution in [0, 0.1) is 5.92 Å². The van der Waals surface area contributed by atoms with Gasteiger partial charge in [-0.25, -0.2) is 0 Å². The number of phenols is 1. The molecular formula is C18H23BrN2O3. The van der Waals surface area contributed by atoms with Crippen LogP contribution < -0.4 is 0 Å². The number of nitrogens with zero attached hydrogens (tertiary/aromatic N) is 2. The Labute approximate surface area is 150 Å². The van der Waals surface area contributed by atoms with Crippen molar-refractivity contribution >= 4 is 27.7 Å². The van der Waals surface area contributed by atoms with E-state index in [0.717, 1.165) is 30.2 Å². The second kappa shape index (κ2) is 7.55. The summed E-state index contributed by atoms with van der Waals surface area (Å²) in [6.45, 7) is 2.20. The van der Waals surface area contributed by atoms with Crippen molar-refractivity contribution in [3.63, 3.8) is 0 Å². The number of benzene rings is 1. The third-order valence-corrected chi connectivity index (χ3v) is 5.52. The molecule has 5 nitrogen and oxygen atoms in total. The summed E-state index contributed by atoms with van der Waals surface area (Å²) in [5, 5.41) is 9.96. The van der Waals surface area contributed by atoms with Gasteiger partial charge < -0.3 is 14.9 Å². The smallest absolute Gasteiger partial charge is 0.257 e. The van der Waals surface area contributed by atoms with Crippen molar-refractivity contribution in [3.8, 4) is 5.75 Å². The maximum Gasteiger partial charge on any atom is 0.257 e. The van der Waals surface area contributed by atoms with Gasteiger partial charge in [-0.1, -0.05) is 35.2 Å². The zero-order valence-electron chi connectivity index (χ0n) is 13.7. The lowest BCUT2D eigenvalue weighted by Crippen LogP contribution is -2.52. The molecule has 0 unspecified atom stereocenters. The van der Waals surface area contributed by atoms with Crippen molar-refractivity contribution < 1.29 is 14.7 Å². The third kappa shape index (κ3) is 3.74. The van der Waals surface area contributed by atoms with Gasteiger partial charge in [0.25, 0.3) is 5.91 Å². The van der Waals surface area contributed by atoms with Crippen LogP contribution in [0.5, 0.6) is 5.75 Å². The summed E-state index contributed by atoms with van der Waals surface area (Å²) in [4.78, 5) is 28.7. The van der Waals surface area contributed by atoms with Gasteiger partial charge in [0.15, 0.2) is 0 Å².